The van der Waals surface area contributed by atoms with Crippen LogP contribution in [0.1, 0.15) is 31.7 Å². The lowest BCUT2D eigenvalue weighted by Crippen LogP contribution is -2.37. The number of hydrogen-bond acceptors (Lipinski definition) is 4. The van der Waals surface area contributed by atoms with Crippen LogP contribution in [0.15, 0.2) is 23.4 Å². The first-order chi connectivity index (χ1) is 10.1. The van der Waals surface area contributed by atoms with E-state index < -0.39 is 10.0 Å². The van der Waals surface area contributed by atoms with Crippen LogP contribution in [0.5, 0.6) is 0 Å². The van der Waals surface area contributed by atoms with E-state index in [-0.39, 0.29) is 11.5 Å². The van der Waals surface area contributed by atoms with Crippen molar-refractivity contribution in [2.45, 2.75) is 31.1 Å². The minimum Gasteiger partial charge on any atom is -0.384 e. The molecule has 0 saturated heterocycles. The molecule has 0 spiro atoms. The van der Waals surface area contributed by atoms with Crippen molar-refractivity contribution in [1.29, 1.82) is 0 Å². The first-order valence-corrected chi connectivity index (χ1v) is 8.57. The van der Waals surface area contributed by atoms with Crippen LogP contribution >= 0.6 is 0 Å². The van der Waals surface area contributed by atoms with E-state index in [2.05, 4.69) is 16.8 Å². The van der Waals surface area contributed by atoms with Gasteiger partial charge in [0.2, 0.25) is 10.0 Å². The minimum atomic E-state index is -3.53. The first kappa shape index (κ1) is 16.0. The summed E-state index contributed by atoms with van der Waals surface area (Å²) in [7, 11) is -3.53. The molecule has 1 aliphatic carbocycles. The van der Waals surface area contributed by atoms with Crippen LogP contribution in [-0.4, -0.2) is 42.5 Å². The lowest BCUT2D eigenvalue weighted by molar-refractivity contribution is 0.250. The van der Waals surface area contributed by atoms with Gasteiger partial charge in [-0.05, 0) is 24.8 Å². The van der Waals surface area contributed by atoms with Gasteiger partial charge in [-0.1, -0.05) is 25.2 Å². The Balaban J connectivity index is 2.24. The number of sulfonamides is 1. The van der Waals surface area contributed by atoms with Crippen molar-refractivity contribution >= 4 is 10.0 Å². The molecule has 0 amide bonds. The summed E-state index contributed by atoms with van der Waals surface area (Å²) >= 11 is 0. The second-order valence-corrected chi connectivity index (χ2v) is 7.06. The third kappa shape index (κ3) is 3.82. The van der Waals surface area contributed by atoms with E-state index in [1.165, 1.54) is 29.2 Å². The van der Waals surface area contributed by atoms with E-state index in [0.29, 0.717) is 24.6 Å². The molecule has 1 saturated carbocycles. The van der Waals surface area contributed by atoms with E-state index in [0.717, 1.165) is 12.8 Å². The van der Waals surface area contributed by atoms with Crippen molar-refractivity contribution in [3.05, 3.63) is 24.0 Å². The van der Waals surface area contributed by atoms with E-state index in [9.17, 15) is 8.42 Å². The van der Waals surface area contributed by atoms with Crippen molar-refractivity contribution in [3.63, 3.8) is 0 Å². The van der Waals surface area contributed by atoms with Crippen LogP contribution in [0.2, 0.25) is 0 Å². The van der Waals surface area contributed by atoms with E-state index >= 15 is 0 Å². The number of nitrogens with zero attached hydrogens (tertiary/aromatic N) is 2. The average molecular weight is 308 g/mol. The van der Waals surface area contributed by atoms with Crippen molar-refractivity contribution in [1.82, 2.24) is 9.29 Å². The van der Waals surface area contributed by atoms with Crippen molar-refractivity contribution < 1.29 is 13.5 Å². The Labute approximate surface area is 126 Å². The molecule has 0 aromatic carbocycles. The molecule has 1 aromatic rings. The largest absolute Gasteiger partial charge is 0.384 e. The highest BCUT2D eigenvalue weighted by atomic mass is 32.2. The smallest absolute Gasteiger partial charge is 0.244 e. The van der Waals surface area contributed by atoms with Gasteiger partial charge in [0.15, 0.2) is 0 Å². The Bertz CT molecular complexity index is 642. The third-order valence-electron chi connectivity index (χ3n) is 3.70. The average Bonchev–Trinajstić information content (AvgIpc) is 2.44. The van der Waals surface area contributed by atoms with Gasteiger partial charge in [-0.3, -0.25) is 4.98 Å². The van der Waals surface area contributed by atoms with Gasteiger partial charge in [-0.2, -0.15) is 4.31 Å². The SMILES string of the molecule is CCN(CC1CCC1)S(=O)(=O)c1cncc(C#CCO)c1. The summed E-state index contributed by atoms with van der Waals surface area (Å²) in [5.74, 6) is 5.65. The zero-order valence-electron chi connectivity index (χ0n) is 12.1. The van der Waals surface area contributed by atoms with E-state index in [1.807, 2.05) is 6.92 Å². The maximum Gasteiger partial charge on any atom is 0.244 e. The molecule has 6 heteroatoms. The fourth-order valence-electron chi connectivity index (χ4n) is 2.28. The molecule has 0 unspecified atom stereocenters. The molecule has 5 nitrogen and oxygen atoms in total. The van der Waals surface area contributed by atoms with Gasteiger partial charge in [-0.15, -0.1) is 0 Å². The van der Waals surface area contributed by atoms with Crippen LogP contribution in [-0.2, 0) is 10.0 Å². The third-order valence-corrected chi connectivity index (χ3v) is 5.61. The highest BCUT2D eigenvalue weighted by Crippen LogP contribution is 2.29. The normalized spacial score (nSPS) is 15.4. The van der Waals surface area contributed by atoms with Gasteiger partial charge >= 0.3 is 0 Å². The monoisotopic (exact) mass is 308 g/mol. The molecule has 1 aromatic heterocycles. The molecule has 1 heterocycles. The Morgan fingerprint density at radius 2 is 2.19 bits per heavy atom. The molecule has 0 radical (unpaired) electrons. The lowest BCUT2D eigenvalue weighted by Gasteiger charge is -2.31. The first-order valence-electron chi connectivity index (χ1n) is 7.13. The number of rotatable bonds is 5. The highest BCUT2D eigenvalue weighted by Gasteiger charge is 2.28. The second-order valence-electron chi connectivity index (χ2n) is 5.12. The molecule has 2 rings (SSSR count). The lowest BCUT2D eigenvalue weighted by atomic mass is 9.85. The molecule has 1 N–H and O–H groups in total. The topological polar surface area (TPSA) is 70.5 Å². The number of aliphatic hydroxyl groups is 1. The molecule has 21 heavy (non-hydrogen) atoms. The van der Waals surface area contributed by atoms with E-state index in [4.69, 9.17) is 5.11 Å². The van der Waals surface area contributed by atoms with Crippen LogP contribution in [0.3, 0.4) is 0 Å². The molecule has 0 aliphatic heterocycles. The maximum absolute atomic E-state index is 12.7. The van der Waals surface area contributed by atoms with Crippen molar-refractivity contribution in [2.75, 3.05) is 19.7 Å². The summed E-state index contributed by atoms with van der Waals surface area (Å²) in [4.78, 5) is 4.10. The van der Waals surface area contributed by atoms with Crippen LogP contribution < -0.4 is 0 Å². The van der Waals surface area contributed by atoms with Crippen molar-refractivity contribution in [3.8, 4) is 11.8 Å². The summed E-state index contributed by atoms with van der Waals surface area (Å²) in [6, 6.07) is 1.51. The fourth-order valence-corrected chi connectivity index (χ4v) is 3.79. The summed E-state index contributed by atoms with van der Waals surface area (Å²) < 4.78 is 26.8. The van der Waals surface area contributed by atoms with Gasteiger partial charge in [0, 0.05) is 31.0 Å². The van der Waals surface area contributed by atoms with Gasteiger partial charge in [-0.25, -0.2) is 8.42 Å². The summed E-state index contributed by atoms with van der Waals surface area (Å²) in [6.07, 6.45) is 6.24. The number of aliphatic hydroxyl groups excluding tert-OH is 1. The maximum atomic E-state index is 12.7. The van der Waals surface area contributed by atoms with Gasteiger partial charge in [0.25, 0.3) is 0 Å². The summed E-state index contributed by atoms with van der Waals surface area (Å²) in [5, 5.41) is 8.70. The van der Waals surface area contributed by atoms with Crippen LogP contribution in [0.25, 0.3) is 0 Å². The number of pyridine rings is 1. The quantitative estimate of drug-likeness (QED) is 0.831. The zero-order chi connectivity index (χ0) is 15.3. The Morgan fingerprint density at radius 3 is 2.76 bits per heavy atom. The molecule has 0 atom stereocenters. The standard InChI is InChI=1S/C15H20N2O3S/c1-2-17(12-13-5-3-6-13)21(19,20)15-9-14(7-4-8-18)10-16-11-15/h9-11,13,18H,2-3,5-6,8,12H2,1H3. The fraction of sp³-hybridized carbons (Fsp3) is 0.533. The summed E-state index contributed by atoms with van der Waals surface area (Å²) in [6.45, 7) is 2.61. The second kappa shape index (κ2) is 7.03. The Morgan fingerprint density at radius 1 is 1.43 bits per heavy atom. The number of aromatic nitrogens is 1. The Kier molecular flexibility index (Phi) is 5.34. The molecular formula is C15H20N2O3S. The van der Waals surface area contributed by atoms with Crippen LogP contribution in [0.4, 0.5) is 0 Å². The molecule has 0 bridgehead atoms. The van der Waals surface area contributed by atoms with E-state index in [1.54, 1.807) is 0 Å². The highest BCUT2D eigenvalue weighted by molar-refractivity contribution is 7.89. The number of hydrogen-bond donors (Lipinski definition) is 1. The molecule has 1 fully saturated rings. The Hall–Kier alpha value is -1.42. The van der Waals surface area contributed by atoms with Crippen LogP contribution in [0, 0.1) is 17.8 Å². The molecule has 1 aliphatic rings. The van der Waals surface area contributed by atoms with Crippen molar-refractivity contribution in [2.24, 2.45) is 5.92 Å². The zero-order valence-corrected chi connectivity index (χ0v) is 12.9. The molecular weight excluding hydrogens is 288 g/mol. The predicted molar refractivity (Wildman–Crippen MR) is 80.0 cm³/mol. The molecule has 114 valence electrons. The minimum absolute atomic E-state index is 0.161. The summed E-state index contributed by atoms with van der Waals surface area (Å²) in [5.41, 5.74) is 0.491. The van der Waals surface area contributed by atoms with Gasteiger partial charge < -0.3 is 5.11 Å². The van der Waals surface area contributed by atoms with Gasteiger partial charge in [0.05, 0.1) is 0 Å². The van der Waals surface area contributed by atoms with Gasteiger partial charge in [0.1, 0.15) is 11.5 Å². The predicted octanol–water partition coefficient (Wildman–Crippen LogP) is 1.24.